The van der Waals surface area contributed by atoms with Crippen LogP contribution in [0.4, 0.5) is 10.9 Å². The number of hydrogen-bond acceptors (Lipinski definition) is 7. The van der Waals surface area contributed by atoms with Gasteiger partial charge in [0.2, 0.25) is 5.13 Å². The highest BCUT2D eigenvalue weighted by atomic mass is 32.1. The Bertz CT molecular complexity index is 750. The molecule has 4 heterocycles. The maximum absolute atomic E-state index is 11.1. The van der Waals surface area contributed by atoms with Crippen LogP contribution < -0.4 is 15.4 Å². The number of rotatable bonds is 3. The average molecular weight is 330 g/mol. The zero-order valence-electron chi connectivity index (χ0n) is 12.7. The average Bonchev–Trinajstić information content (AvgIpc) is 2.97. The van der Waals surface area contributed by atoms with Gasteiger partial charge in [0.15, 0.2) is 0 Å². The van der Waals surface area contributed by atoms with Gasteiger partial charge in [0, 0.05) is 61.5 Å². The quantitative estimate of drug-likeness (QED) is 0.907. The minimum atomic E-state index is -0.151. The first kappa shape index (κ1) is 13.5. The molecule has 3 aliphatic rings. The number of H-pyrrole nitrogens is 1. The van der Waals surface area contributed by atoms with Crippen molar-refractivity contribution < 1.29 is 0 Å². The number of nitrogens with one attached hydrogen (secondary N) is 1. The van der Waals surface area contributed by atoms with Crippen LogP contribution >= 0.6 is 11.5 Å². The second-order valence-electron chi connectivity index (χ2n) is 6.82. The normalized spacial score (nSPS) is 26.8. The standard InChI is InChI=1S/C15H18N6OS/c22-13-4-3-12(17-18-13)20-5-10-7-21(8-11(10)6-20)15-16-14(19-23-15)9-1-2-9/h3-4,9-11H,1-2,5-8H2,(H,18,22). The van der Waals surface area contributed by atoms with E-state index in [0.717, 1.165) is 43.0 Å². The van der Waals surface area contributed by atoms with Crippen LogP contribution in [-0.4, -0.2) is 45.7 Å². The summed E-state index contributed by atoms with van der Waals surface area (Å²) in [6.07, 6.45) is 2.51. The van der Waals surface area contributed by atoms with E-state index in [2.05, 4.69) is 24.4 Å². The van der Waals surface area contributed by atoms with Gasteiger partial charge in [0.25, 0.3) is 5.56 Å². The van der Waals surface area contributed by atoms with Gasteiger partial charge in [-0.2, -0.15) is 9.47 Å². The van der Waals surface area contributed by atoms with Crippen LogP contribution in [0.5, 0.6) is 0 Å². The molecule has 5 rings (SSSR count). The number of aromatic nitrogens is 4. The van der Waals surface area contributed by atoms with E-state index in [1.165, 1.54) is 12.8 Å². The van der Waals surface area contributed by atoms with Crippen molar-refractivity contribution in [2.75, 3.05) is 36.0 Å². The second-order valence-corrected chi connectivity index (χ2v) is 7.55. The lowest BCUT2D eigenvalue weighted by atomic mass is 10.0. The predicted molar refractivity (Wildman–Crippen MR) is 88.1 cm³/mol. The molecule has 2 aliphatic heterocycles. The number of nitrogens with zero attached hydrogens (tertiary/aromatic N) is 5. The highest BCUT2D eigenvalue weighted by molar-refractivity contribution is 7.09. The topological polar surface area (TPSA) is 78.0 Å². The van der Waals surface area contributed by atoms with Crippen molar-refractivity contribution in [3.8, 4) is 0 Å². The molecule has 120 valence electrons. The van der Waals surface area contributed by atoms with Gasteiger partial charge in [-0.25, -0.2) is 10.1 Å². The largest absolute Gasteiger partial charge is 0.354 e. The Morgan fingerprint density at radius 1 is 1.09 bits per heavy atom. The van der Waals surface area contributed by atoms with Crippen molar-refractivity contribution in [2.45, 2.75) is 18.8 Å². The van der Waals surface area contributed by atoms with Gasteiger partial charge in [-0.3, -0.25) is 4.79 Å². The number of aromatic amines is 1. The first-order valence-corrected chi connectivity index (χ1v) is 8.93. The van der Waals surface area contributed by atoms with Gasteiger partial charge in [0.05, 0.1) is 0 Å². The summed E-state index contributed by atoms with van der Waals surface area (Å²) in [5, 5.41) is 7.76. The van der Waals surface area contributed by atoms with E-state index in [-0.39, 0.29) is 5.56 Å². The summed E-state index contributed by atoms with van der Waals surface area (Å²) in [4.78, 5) is 20.5. The molecule has 0 aromatic carbocycles. The van der Waals surface area contributed by atoms with Crippen LogP contribution in [0.2, 0.25) is 0 Å². The summed E-state index contributed by atoms with van der Waals surface area (Å²) in [5.74, 6) is 3.83. The Hall–Kier alpha value is -1.96. The molecule has 1 N–H and O–H groups in total. The van der Waals surface area contributed by atoms with Crippen LogP contribution in [0.3, 0.4) is 0 Å². The van der Waals surface area contributed by atoms with E-state index in [1.54, 1.807) is 17.6 Å². The summed E-state index contributed by atoms with van der Waals surface area (Å²) in [5.41, 5.74) is -0.151. The van der Waals surface area contributed by atoms with E-state index in [0.29, 0.717) is 17.8 Å². The van der Waals surface area contributed by atoms with Crippen molar-refractivity contribution in [3.05, 3.63) is 28.3 Å². The van der Waals surface area contributed by atoms with Crippen molar-refractivity contribution in [2.24, 2.45) is 11.8 Å². The van der Waals surface area contributed by atoms with Crippen molar-refractivity contribution in [3.63, 3.8) is 0 Å². The Balaban J connectivity index is 1.27. The Morgan fingerprint density at radius 2 is 1.83 bits per heavy atom. The molecule has 2 unspecified atom stereocenters. The SMILES string of the molecule is O=c1ccc(N2CC3CN(c4nc(C5CC5)ns4)CC3C2)n[nH]1. The number of hydrogen-bond donors (Lipinski definition) is 1. The van der Waals surface area contributed by atoms with E-state index < -0.39 is 0 Å². The van der Waals surface area contributed by atoms with Crippen LogP contribution in [-0.2, 0) is 0 Å². The molecule has 0 bridgehead atoms. The highest BCUT2D eigenvalue weighted by Gasteiger charge is 2.41. The molecule has 2 atom stereocenters. The van der Waals surface area contributed by atoms with Crippen molar-refractivity contribution >= 4 is 22.5 Å². The summed E-state index contributed by atoms with van der Waals surface area (Å²) >= 11 is 1.55. The van der Waals surface area contributed by atoms with E-state index in [4.69, 9.17) is 4.98 Å². The minimum absolute atomic E-state index is 0.151. The molecule has 0 spiro atoms. The van der Waals surface area contributed by atoms with E-state index in [9.17, 15) is 4.79 Å². The molecule has 1 saturated carbocycles. The summed E-state index contributed by atoms with van der Waals surface area (Å²) in [7, 11) is 0. The number of anilines is 2. The Kier molecular flexibility index (Phi) is 2.94. The van der Waals surface area contributed by atoms with Crippen LogP contribution in [0.25, 0.3) is 0 Å². The molecule has 23 heavy (non-hydrogen) atoms. The molecule has 0 radical (unpaired) electrons. The zero-order chi connectivity index (χ0) is 15.4. The second kappa shape index (κ2) is 5.02. The first-order chi connectivity index (χ1) is 11.3. The third-order valence-electron chi connectivity index (χ3n) is 5.12. The molecule has 2 saturated heterocycles. The molecule has 7 nitrogen and oxygen atoms in total. The fraction of sp³-hybridized carbons (Fsp3) is 0.600. The molecule has 8 heteroatoms. The summed E-state index contributed by atoms with van der Waals surface area (Å²) in [6, 6.07) is 3.35. The van der Waals surface area contributed by atoms with Crippen LogP contribution in [0.15, 0.2) is 16.9 Å². The fourth-order valence-corrected chi connectivity index (χ4v) is 4.48. The molecule has 3 fully saturated rings. The van der Waals surface area contributed by atoms with Gasteiger partial charge in [-0.15, -0.1) is 0 Å². The lowest BCUT2D eigenvalue weighted by Crippen LogP contribution is -2.29. The van der Waals surface area contributed by atoms with Crippen molar-refractivity contribution in [1.29, 1.82) is 0 Å². The minimum Gasteiger partial charge on any atom is -0.354 e. The molecule has 1 aliphatic carbocycles. The van der Waals surface area contributed by atoms with Gasteiger partial charge >= 0.3 is 0 Å². The smallest absolute Gasteiger partial charge is 0.264 e. The van der Waals surface area contributed by atoms with E-state index in [1.807, 2.05) is 6.07 Å². The van der Waals surface area contributed by atoms with Gasteiger partial charge < -0.3 is 9.80 Å². The fourth-order valence-electron chi connectivity index (χ4n) is 3.71. The van der Waals surface area contributed by atoms with Crippen molar-refractivity contribution in [1.82, 2.24) is 19.6 Å². The van der Waals surface area contributed by atoms with Crippen LogP contribution in [0.1, 0.15) is 24.6 Å². The summed E-state index contributed by atoms with van der Waals surface area (Å²) in [6.45, 7) is 4.08. The Labute approximate surface area is 137 Å². The van der Waals surface area contributed by atoms with Gasteiger partial charge in [-0.1, -0.05) is 0 Å². The highest BCUT2D eigenvalue weighted by Crippen LogP contribution is 2.41. The van der Waals surface area contributed by atoms with Gasteiger partial charge in [0.1, 0.15) is 11.6 Å². The molecular formula is C15H18N6OS. The maximum atomic E-state index is 11.1. The van der Waals surface area contributed by atoms with Crippen LogP contribution in [0, 0.1) is 11.8 Å². The third-order valence-corrected chi connectivity index (χ3v) is 5.91. The zero-order valence-corrected chi connectivity index (χ0v) is 13.5. The Morgan fingerprint density at radius 3 is 2.48 bits per heavy atom. The molecule has 2 aromatic rings. The monoisotopic (exact) mass is 330 g/mol. The summed E-state index contributed by atoms with van der Waals surface area (Å²) < 4.78 is 4.52. The maximum Gasteiger partial charge on any atom is 0.264 e. The van der Waals surface area contributed by atoms with Gasteiger partial charge in [-0.05, 0) is 18.9 Å². The molecule has 0 amide bonds. The predicted octanol–water partition coefficient (Wildman–Crippen LogP) is 1.07. The van der Waals surface area contributed by atoms with E-state index >= 15 is 0 Å². The lowest BCUT2D eigenvalue weighted by Gasteiger charge is -2.21. The number of fused-ring (bicyclic) bond motifs is 1. The third kappa shape index (κ3) is 2.41. The lowest BCUT2D eigenvalue weighted by molar-refractivity contribution is 0.533. The molecular weight excluding hydrogens is 312 g/mol. The first-order valence-electron chi connectivity index (χ1n) is 8.15. The molecule has 2 aromatic heterocycles.